The average Bonchev–Trinajstić information content (AvgIpc) is 3.30. The Kier molecular flexibility index (Phi) is 12.8. The van der Waals surface area contributed by atoms with E-state index < -0.39 is 17.3 Å². The van der Waals surface area contributed by atoms with Crippen LogP contribution in [0.1, 0.15) is 121 Å². The van der Waals surface area contributed by atoms with Crippen molar-refractivity contribution in [2.45, 2.75) is 139 Å². The normalized spacial score (nSPS) is 31.7. The SMILES string of the molecule is C=C1CC[C@H](OC(=O)C(C)(COC(C)O)COC(C)(C)C)C/C1=C/C=C1\CCC[C@@]2(C)C1CCC2[C@H](C)/C=C/[C@H](C)C(C)C. The summed E-state index contributed by atoms with van der Waals surface area (Å²) >= 11 is 0. The van der Waals surface area contributed by atoms with E-state index >= 15 is 0 Å². The number of aliphatic hydroxyl groups is 1. The molecule has 0 aromatic rings. The Balaban J connectivity index is 1.71. The number of rotatable bonds is 12. The minimum absolute atomic E-state index is 0.0279. The van der Waals surface area contributed by atoms with Crippen LogP contribution < -0.4 is 0 Å². The summed E-state index contributed by atoms with van der Waals surface area (Å²) in [4.78, 5) is 13.5. The topological polar surface area (TPSA) is 65.0 Å². The van der Waals surface area contributed by atoms with Gasteiger partial charge in [0.25, 0.3) is 0 Å². The molecular formula is C39H64O5. The standard InChI is InChI=1S/C39H64O5/c1-26(2)27(3)14-15-29(5)34-20-21-35-31(13-12-22-39(34,35)11)17-18-32-23-33(19-16-28(32)4)44-36(41)38(10,24-42-30(6)40)25-43-37(7,8)9/h14-15,17-18,26-27,29-30,33-35,40H,4,12-13,16,19-25H2,1-3,5-11H3/b15-14+,31-17+,32-18-/t27-,29+,30?,33-,34?,35?,38?,39+/m0/s1. The molecule has 1 N–H and O–H groups in total. The molecule has 5 nitrogen and oxygen atoms in total. The molecule has 3 saturated carbocycles. The van der Waals surface area contributed by atoms with Crippen LogP contribution in [0.4, 0.5) is 0 Å². The summed E-state index contributed by atoms with van der Waals surface area (Å²) in [5.41, 5.74) is 2.85. The fourth-order valence-corrected chi connectivity index (χ4v) is 7.47. The van der Waals surface area contributed by atoms with Gasteiger partial charge in [-0.05, 0) is 120 Å². The maximum absolute atomic E-state index is 13.5. The summed E-state index contributed by atoms with van der Waals surface area (Å²) < 4.78 is 17.6. The molecule has 3 rings (SSSR count). The van der Waals surface area contributed by atoms with Crippen molar-refractivity contribution >= 4 is 5.97 Å². The number of hydrogen-bond donors (Lipinski definition) is 1. The van der Waals surface area contributed by atoms with Crippen LogP contribution in [0.3, 0.4) is 0 Å². The quantitative estimate of drug-likeness (QED) is 0.135. The van der Waals surface area contributed by atoms with Gasteiger partial charge in [-0.25, -0.2) is 0 Å². The van der Waals surface area contributed by atoms with Crippen molar-refractivity contribution in [3.8, 4) is 0 Å². The number of allylic oxidation sites excluding steroid dienone is 6. The first-order valence-corrected chi connectivity index (χ1v) is 17.4. The van der Waals surface area contributed by atoms with Gasteiger partial charge in [0.2, 0.25) is 0 Å². The Labute approximate surface area is 269 Å². The zero-order valence-corrected chi connectivity index (χ0v) is 29.7. The highest BCUT2D eigenvalue weighted by Crippen LogP contribution is 2.59. The lowest BCUT2D eigenvalue weighted by atomic mass is 9.61. The van der Waals surface area contributed by atoms with Gasteiger partial charge in [0.1, 0.15) is 11.5 Å². The van der Waals surface area contributed by atoms with Gasteiger partial charge in [-0.15, -0.1) is 0 Å². The minimum Gasteiger partial charge on any atom is -0.461 e. The molecule has 44 heavy (non-hydrogen) atoms. The number of carbonyl (C=O) groups excluding carboxylic acids is 1. The van der Waals surface area contributed by atoms with E-state index in [9.17, 15) is 9.90 Å². The predicted octanol–water partition coefficient (Wildman–Crippen LogP) is 9.37. The van der Waals surface area contributed by atoms with E-state index in [2.05, 4.69) is 65.5 Å². The first-order chi connectivity index (χ1) is 20.4. The molecule has 0 spiro atoms. The molecule has 0 bridgehead atoms. The Morgan fingerprint density at radius 1 is 1.02 bits per heavy atom. The van der Waals surface area contributed by atoms with Gasteiger partial charge >= 0.3 is 5.97 Å². The van der Waals surface area contributed by atoms with Gasteiger partial charge in [-0.1, -0.05) is 76.6 Å². The van der Waals surface area contributed by atoms with E-state index in [1.807, 2.05) is 20.8 Å². The Bertz CT molecular complexity index is 1070. The zero-order chi connectivity index (χ0) is 32.9. The monoisotopic (exact) mass is 612 g/mol. The average molecular weight is 613 g/mol. The van der Waals surface area contributed by atoms with Crippen LogP contribution >= 0.6 is 0 Å². The third-order valence-corrected chi connectivity index (χ3v) is 10.8. The fourth-order valence-electron chi connectivity index (χ4n) is 7.47. The van der Waals surface area contributed by atoms with Crippen LogP contribution in [0.15, 0.2) is 47.6 Å². The summed E-state index contributed by atoms with van der Waals surface area (Å²) in [6.07, 6.45) is 17.0. The van der Waals surface area contributed by atoms with Gasteiger partial charge in [0, 0.05) is 6.42 Å². The molecule has 0 saturated heterocycles. The van der Waals surface area contributed by atoms with Gasteiger partial charge in [0.05, 0.1) is 18.8 Å². The van der Waals surface area contributed by atoms with E-state index in [4.69, 9.17) is 14.2 Å². The van der Waals surface area contributed by atoms with Crippen LogP contribution in [0, 0.1) is 40.4 Å². The number of hydrogen-bond acceptors (Lipinski definition) is 5. The lowest BCUT2D eigenvalue weighted by molar-refractivity contribution is -0.182. The molecule has 0 aromatic heterocycles. The Morgan fingerprint density at radius 3 is 2.36 bits per heavy atom. The number of fused-ring (bicyclic) bond motifs is 1. The minimum atomic E-state index is -1.02. The molecule has 3 aliphatic rings. The maximum Gasteiger partial charge on any atom is 0.316 e. The van der Waals surface area contributed by atoms with Crippen molar-refractivity contribution in [3.05, 3.63) is 47.6 Å². The molecule has 8 atom stereocenters. The van der Waals surface area contributed by atoms with Gasteiger partial charge in [-0.2, -0.15) is 0 Å². The third kappa shape index (κ3) is 9.66. The van der Waals surface area contributed by atoms with Crippen LogP contribution in [0.5, 0.6) is 0 Å². The first-order valence-electron chi connectivity index (χ1n) is 17.4. The molecule has 0 aliphatic heterocycles. The van der Waals surface area contributed by atoms with Crippen molar-refractivity contribution in [2.75, 3.05) is 13.2 Å². The molecule has 3 fully saturated rings. The van der Waals surface area contributed by atoms with E-state index in [1.165, 1.54) is 37.7 Å². The molecule has 0 heterocycles. The highest BCUT2D eigenvalue weighted by atomic mass is 16.6. The molecule has 5 heteroatoms. The summed E-state index contributed by atoms with van der Waals surface area (Å²) in [6, 6.07) is 0. The van der Waals surface area contributed by atoms with Gasteiger partial charge in [0.15, 0.2) is 6.29 Å². The highest BCUT2D eigenvalue weighted by molar-refractivity contribution is 5.77. The molecule has 4 unspecified atom stereocenters. The Hall–Kier alpha value is -1.69. The van der Waals surface area contributed by atoms with E-state index in [1.54, 1.807) is 19.4 Å². The molecule has 250 valence electrons. The van der Waals surface area contributed by atoms with Crippen LogP contribution in [0.25, 0.3) is 0 Å². The zero-order valence-electron chi connectivity index (χ0n) is 29.7. The maximum atomic E-state index is 13.5. The summed E-state index contributed by atoms with van der Waals surface area (Å²) in [7, 11) is 0. The molecule has 0 radical (unpaired) electrons. The van der Waals surface area contributed by atoms with Crippen molar-refractivity contribution in [1.29, 1.82) is 0 Å². The predicted molar refractivity (Wildman–Crippen MR) is 181 cm³/mol. The van der Waals surface area contributed by atoms with Crippen LogP contribution in [-0.2, 0) is 19.0 Å². The highest BCUT2D eigenvalue weighted by Gasteiger charge is 2.50. The van der Waals surface area contributed by atoms with Gasteiger partial charge < -0.3 is 19.3 Å². The second-order valence-corrected chi connectivity index (χ2v) is 16.1. The van der Waals surface area contributed by atoms with Crippen molar-refractivity contribution < 1.29 is 24.1 Å². The van der Waals surface area contributed by atoms with Crippen molar-refractivity contribution in [2.24, 2.45) is 40.4 Å². The van der Waals surface area contributed by atoms with Crippen LogP contribution in [-0.4, -0.2) is 42.3 Å². The second-order valence-electron chi connectivity index (χ2n) is 16.1. The third-order valence-electron chi connectivity index (χ3n) is 10.8. The van der Waals surface area contributed by atoms with E-state index in [-0.39, 0.29) is 25.3 Å². The number of esters is 1. The first kappa shape index (κ1) is 36.8. The van der Waals surface area contributed by atoms with Gasteiger partial charge in [-0.3, -0.25) is 4.79 Å². The summed E-state index contributed by atoms with van der Waals surface area (Å²) in [5, 5.41) is 9.71. The second kappa shape index (κ2) is 15.3. The largest absolute Gasteiger partial charge is 0.461 e. The van der Waals surface area contributed by atoms with E-state index in [0.717, 1.165) is 24.3 Å². The smallest absolute Gasteiger partial charge is 0.316 e. The van der Waals surface area contributed by atoms with Crippen molar-refractivity contribution in [3.63, 3.8) is 0 Å². The van der Waals surface area contributed by atoms with Crippen LogP contribution in [0.2, 0.25) is 0 Å². The fraction of sp³-hybridized carbons (Fsp3) is 0.769. The molecular weight excluding hydrogens is 548 g/mol. The lowest BCUT2D eigenvalue weighted by Crippen LogP contribution is -2.43. The number of carbonyl (C=O) groups is 1. The molecule has 0 amide bonds. The molecule has 3 aliphatic carbocycles. The number of ether oxygens (including phenoxy) is 3. The van der Waals surface area contributed by atoms with Crippen molar-refractivity contribution in [1.82, 2.24) is 0 Å². The Morgan fingerprint density at radius 2 is 1.73 bits per heavy atom. The molecule has 0 aromatic carbocycles. The van der Waals surface area contributed by atoms with E-state index in [0.29, 0.717) is 35.5 Å². The lowest BCUT2D eigenvalue weighted by Gasteiger charge is -2.44. The summed E-state index contributed by atoms with van der Waals surface area (Å²) in [5.74, 6) is 2.91. The number of aliphatic hydroxyl groups excluding tert-OH is 1. The summed E-state index contributed by atoms with van der Waals surface area (Å²) in [6.45, 7) is 25.7.